The smallest absolute Gasteiger partial charge is 0.351 e. The van der Waals surface area contributed by atoms with Gasteiger partial charge in [-0.15, -0.1) is 12.4 Å². The van der Waals surface area contributed by atoms with Gasteiger partial charge in [-0.1, -0.05) is 0 Å². The summed E-state index contributed by atoms with van der Waals surface area (Å²) in [5, 5.41) is 9.62. The Labute approximate surface area is 182 Å². The number of rotatable bonds is 4. The lowest BCUT2D eigenvalue weighted by molar-refractivity contribution is -0.137. The first-order valence-electron chi connectivity index (χ1n) is 9.62. The largest absolute Gasteiger partial charge is 0.416 e. The SMILES string of the molecule is Cc1cc(Nc2nc(NC3CCNCC3)nc3cc[nH]c(=O)c23)cc(C(F)(F)F)c1.Cl. The van der Waals surface area contributed by atoms with Crippen LogP contribution in [0.15, 0.2) is 35.3 Å². The summed E-state index contributed by atoms with van der Waals surface area (Å²) in [5.74, 6) is 0.475. The zero-order valence-electron chi connectivity index (χ0n) is 16.6. The van der Waals surface area contributed by atoms with Crippen molar-refractivity contribution in [1.29, 1.82) is 0 Å². The summed E-state index contributed by atoms with van der Waals surface area (Å²) in [5.41, 5.74) is -0.167. The minimum atomic E-state index is -4.48. The van der Waals surface area contributed by atoms with E-state index in [1.807, 2.05) is 0 Å². The second kappa shape index (κ2) is 9.11. The highest BCUT2D eigenvalue weighted by molar-refractivity contribution is 5.91. The van der Waals surface area contributed by atoms with Gasteiger partial charge in [-0.05, 0) is 62.7 Å². The van der Waals surface area contributed by atoms with Crippen LogP contribution in [-0.2, 0) is 6.18 Å². The Morgan fingerprint density at radius 2 is 1.87 bits per heavy atom. The average molecular weight is 455 g/mol. The Morgan fingerprint density at radius 1 is 1.13 bits per heavy atom. The van der Waals surface area contributed by atoms with E-state index in [9.17, 15) is 18.0 Å². The molecule has 0 radical (unpaired) electrons. The quantitative estimate of drug-likeness (QED) is 0.476. The van der Waals surface area contributed by atoms with Gasteiger partial charge in [0, 0.05) is 17.9 Å². The maximum Gasteiger partial charge on any atom is 0.416 e. The molecule has 166 valence electrons. The minimum absolute atomic E-state index is 0. The van der Waals surface area contributed by atoms with Crippen LogP contribution in [0.25, 0.3) is 10.9 Å². The summed E-state index contributed by atoms with van der Waals surface area (Å²) in [6.07, 6.45) is -1.21. The molecule has 31 heavy (non-hydrogen) atoms. The van der Waals surface area contributed by atoms with Gasteiger partial charge in [0.1, 0.15) is 11.2 Å². The molecule has 1 aliphatic rings. The van der Waals surface area contributed by atoms with E-state index in [0.717, 1.165) is 38.1 Å². The molecule has 4 rings (SSSR count). The molecule has 4 N–H and O–H groups in total. The van der Waals surface area contributed by atoms with Gasteiger partial charge in [0.15, 0.2) is 0 Å². The van der Waals surface area contributed by atoms with Crippen LogP contribution in [0.4, 0.5) is 30.6 Å². The van der Waals surface area contributed by atoms with Crippen molar-refractivity contribution in [2.24, 2.45) is 0 Å². The van der Waals surface area contributed by atoms with E-state index < -0.39 is 17.3 Å². The van der Waals surface area contributed by atoms with E-state index >= 15 is 0 Å². The topological polar surface area (TPSA) is 94.7 Å². The Hall–Kier alpha value is -2.85. The number of hydrogen-bond acceptors (Lipinski definition) is 6. The lowest BCUT2D eigenvalue weighted by atomic mass is 10.1. The van der Waals surface area contributed by atoms with Crippen molar-refractivity contribution in [2.75, 3.05) is 23.7 Å². The standard InChI is InChI=1S/C20H21F3N6O.ClH/c1-11-8-12(20(21,22)23)10-14(9-11)26-17-16-15(4-7-25-18(16)30)28-19(29-17)27-13-2-5-24-6-3-13;/h4,7-10,13,24H,2-3,5-6H2,1H3,(H,25,30)(H2,26,27,28,29);1H. The Kier molecular flexibility index (Phi) is 6.71. The maximum absolute atomic E-state index is 13.2. The van der Waals surface area contributed by atoms with Crippen LogP contribution in [-0.4, -0.2) is 34.1 Å². The lowest BCUT2D eigenvalue weighted by Crippen LogP contribution is -2.35. The van der Waals surface area contributed by atoms with Crippen molar-refractivity contribution in [3.8, 4) is 0 Å². The second-order valence-corrected chi connectivity index (χ2v) is 7.34. The number of aromatic nitrogens is 3. The number of alkyl halides is 3. The van der Waals surface area contributed by atoms with Crippen LogP contribution in [0.5, 0.6) is 0 Å². The average Bonchev–Trinajstić information content (AvgIpc) is 2.67. The molecular weight excluding hydrogens is 433 g/mol. The molecule has 1 aliphatic heterocycles. The van der Waals surface area contributed by atoms with Gasteiger partial charge >= 0.3 is 6.18 Å². The highest BCUT2D eigenvalue weighted by Gasteiger charge is 2.31. The van der Waals surface area contributed by atoms with E-state index in [2.05, 4.69) is 30.9 Å². The fraction of sp³-hybridized carbons (Fsp3) is 0.350. The van der Waals surface area contributed by atoms with Crippen molar-refractivity contribution in [3.63, 3.8) is 0 Å². The van der Waals surface area contributed by atoms with Crippen LogP contribution in [0, 0.1) is 6.92 Å². The highest BCUT2D eigenvalue weighted by atomic mass is 35.5. The summed E-state index contributed by atoms with van der Waals surface area (Å²) < 4.78 is 39.6. The van der Waals surface area contributed by atoms with Gasteiger partial charge in [-0.3, -0.25) is 4.79 Å². The Bertz CT molecular complexity index is 1130. The van der Waals surface area contributed by atoms with Gasteiger partial charge in [-0.2, -0.15) is 18.2 Å². The van der Waals surface area contributed by atoms with Gasteiger partial charge in [-0.25, -0.2) is 4.98 Å². The van der Waals surface area contributed by atoms with E-state index in [1.165, 1.54) is 6.20 Å². The summed E-state index contributed by atoms with van der Waals surface area (Å²) in [4.78, 5) is 23.8. The molecule has 2 aromatic heterocycles. The van der Waals surface area contributed by atoms with Crippen molar-refractivity contribution in [3.05, 3.63) is 51.9 Å². The van der Waals surface area contributed by atoms with E-state index in [1.54, 1.807) is 19.1 Å². The normalized spacial score (nSPS) is 14.8. The highest BCUT2D eigenvalue weighted by Crippen LogP contribution is 2.33. The van der Waals surface area contributed by atoms with Gasteiger partial charge < -0.3 is 20.9 Å². The second-order valence-electron chi connectivity index (χ2n) is 7.34. The number of aromatic amines is 1. The van der Waals surface area contributed by atoms with E-state index in [-0.39, 0.29) is 35.3 Å². The third kappa shape index (κ3) is 5.26. The molecule has 1 saturated heterocycles. The fourth-order valence-corrected chi connectivity index (χ4v) is 3.55. The number of anilines is 3. The molecule has 1 aromatic carbocycles. The van der Waals surface area contributed by atoms with Crippen LogP contribution in [0.2, 0.25) is 0 Å². The first-order valence-corrected chi connectivity index (χ1v) is 9.62. The van der Waals surface area contributed by atoms with Crippen molar-refractivity contribution in [2.45, 2.75) is 32.0 Å². The maximum atomic E-state index is 13.2. The number of benzene rings is 1. The first kappa shape index (κ1) is 22.8. The van der Waals surface area contributed by atoms with Crippen LogP contribution >= 0.6 is 12.4 Å². The molecule has 0 amide bonds. The number of H-pyrrole nitrogens is 1. The van der Waals surface area contributed by atoms with Crippen LogP contribution in [0.3, 0.4) is 0 Å². The van der Waals surface area contributed by atoms with E-state index in [0.29, 0.717) is 17.0 Å². The molecule has 0 saturated carbocycles. The molecule has 7 nitrogen and oxygen atoms in total. The minimum Gasteiger partial charge on any atom is -0.351 e. The molecule has 1 fully saturated rings. The predicted octanol–water partition coefficient (Wildman–Crippen LogP) is 3.97. The van der Waals surface area contributed by atoms with Crippen LogP contribution < -0.4 is 21.5 Å². The van der Waals surface area contributed by atoms with Gasteiger partial charge in [0.2, 0.25) is 5.95 Å². The summed E-state index contributed by atoms with van der Waals surface area (Å²) in [6, 6.07) is 5.45. The lowest BCUT2D eigenvalue weighted by Gasteiger charge is -2.24. The molecule has 0 unspecified atom stereocenters. The number of fused-ring (bicyclic) bond motifs is 1. The molecule has 0 atom stereocenters. The fourth-order valence-electron chi connectivity index (χ4n) is 3.55. The van der Waals surface area contributed by atoms with Crippen LogP contribution in [0.1, 0.15) is 24.0 Å². The third-order valence-electron chi connectivity index (χ3n) is 4.96. The van der Waals surface area contributed by atoms with Gasteiger partial charge in [0.25, 0.3) is 5.56 Å². The van der Waals surface area contributed by atoms with E-state index in [4.69, 9.17) is 0 Å². The number of hydrogen-bond donors (Lipinski definition) is 4. The molecular formula is C20H22ClF3N6O. The molecule has 0 bridgehead atoms. The molecule has 0 spiro atoms. The summed E-state index contributed by atoms with van der Waals surface area (Å²) >= 11 is 0. The van der Waals surface area contributed by atoms with Crippen molar-refractivity contribution >= 4 is 40.8 Å². The number of pyridine rings is 1. The monoisotopic (exact) mass is 454 g/mol. The number of piperidine rings is 1. The summed E-state index contributed by atoms with van der Waals surface area (Å²) in [6.45, 7) is 3.33. The number of nitrogens with one attached hydrogen (secondary N) is 4. The van der Waals surface area contributed by atoms with Crippen molar-refractivity contribution in [1.82, 2.24) is 20.3 Å². The molecule has 11 heteroatoms. The first-order chi connectivity index (χ1) is 14.3. The molecule has 3 heterocycles. The predicted molar refractivity (Wildman–Crippen MR) is 116 cm³/mol. The molecule has 3 aromatic rings. The zero-order valence-corrected chi connectivity index (χ0v) is 17.5. The molecule has 0 aliphatic carbocycles. The number of nitrogens with zero attached hydrogens (tertiary/aromatic N) is 2. The Morgan fingerprint density at radius 3 is 2.58 bits per heavy atom. The third-order valence-corrected chi connectivity index (χ3v) is 4.96. The van der Waals surface area contributed by atoms with Crippen molar-refractivity contribution < 1.29 is 13.2 Å². The number of halogens is 4. The Balaban J connectivity index is 0.00000272. The zero-order chi connectivity index (χ0) is 21.3. The van der Waals surface area contributed by atoms with Gasteiger partial charge in [0.05, 0.1) is 11.1 Å². The number of aryl methyl sites for hydroxylation is 1. The summed E-state index contributed by atoms with van der Waals surface area (Å²) in [7, 11) is 0.